The summed E-state index contributed by atoms with van der Waals surface area (Å²) < 4.78 is 7.38. The van der Waals surface area contributed by atoms with Gasteiger partial charge in [0.1, 0.15) is 5.75 Å². The summed E-state index contributed by atoms with van der Waals surface area (Å²) in [5.41, 5.74) is 4.84. The van der Waals surface area contributed by atoms with E-state index in [-0.39, 0.29) is 0 Å². The molecule has 3 rings (SSSR count). The van der Waals surface area contributed by atoms with Gasteiger partial charge in [0.25, 0.3) is 0 Å². The molecule has 0 aliphatic heterocycles. The first kappa shape index (κ1) is 13.4. The Labute approximate surface area is 123 Å². The van der Waals surface area contributed by atoms with E-state index < -0.39 is 0 Å². The first-order valence-electron chi connectivity index (χ1n) is 7.03. The molecule has 1 aromatic carbocycles. The van der Waals surface area contributed by atoms with Gasteiger partial charge in [-0.15, -0.1) is 0 Å². The van der Waals surface area contributed by atoms with Crippen molar-refractivity contribution in [3.63, 3.8) is 0 Å². The number of rotatable bonds is 4. The van der Waals surface area contributed by atoms with Gasteiger partial charge in [-0.05, 0) is 55.3 Å². The van der Waals surface area contributed by atoms with E-state index in [2.05, 4.69) is 6.07 Å². The molecule has 0 amide bonds. The SMILES string of the molecule is CCOc1ccc(-c2cc3cc(C)ccn3c2C=O)cc1. The molecule has 0 aliphatic carbocycles. The zero-order chi connectivity index (χ0) is 14.8. The average molecular weight is 279 g/mol. The van der Waals surface area contributed by atoms with Crippen molar-refractivity contribution < 1.29 is 9.53 Å². The Balaban J connectivity index is 2.12. The summed E-state index contributed by atoms with van der Waals surface area (Å²) in [5, 5.41) is 0. The molecule has 0 atom stereocenters. The zero-order valence-electron chi connectivity index (χ0n) is 12.2. The lowest BCUT2D eigenvalue weighted by Crippen LogP contribution is -1.93. The number of carbonyl (C=O) groups excluding carboxylic acids is 1. The molecule has 0 bridgehead atoms. The number of hydrogen-bond acceptors (Lipinski definition) is 2. The molecule has 2 heterocycles. The van der Waals surface area contributed by atoms with Gasteiger partial charge in [-0.2, -0.15) is 0 Å². The highest BCUT2D eigenvalue weighted by atomic mass is 16.5. The third-order valence-corrected chi connectivity index (χ3v) is 3.56. The molecule has 3 nitrogen and oxygen atoms in total. The van der Waals surface area contributed by atoms with Gasteiger partial charge < -0.3 is 9.14 Å². The first-order valence-corrected chi connectivity index (χ1v) is 7.03. The highest BCUT2D eigenvalue weighted by molar-refractivity contribution is 5.90. The zero-order valence-corrected chi connectivity index (χ0v) is 12.2. The maximum absolute atomic E-state index is 11.5. The third-order valence-electron chi connectivity index (χ3n) is 3.56. The monoisotopic (exact) mass is 279 g/mol. The summed E-state index contributed by atoms with van der Waals surface area (Å²) in [5.74, 6) is 0.841. The van der Waals surface area contributed by atoms with Crippen LogP contribution in [0.4, 0.5) is 0 Å². The number of nitrogens with zero attached hydrogens (tertiary/aromatic N) is 1. The van der Waals surface area contributed by atoms with Crippen molar-refractivity contribution in [2.45, 2.75) is 13.8 Å². The quantitative estimate of drug-likeness (QED) is 0.672. The van der Waals surface area contributed by atoms with Gasteiger partial charge in [0.2, 0.25) is 0 Å². The molecule has 0 spiro atoms. The molecule has 106 valence electrons. The highest BCUT2D eigenvalue weighted by Crippen LogP contribution is 2.28. The molecular weight excluding hydrogens is 262 g/mol. The maximum atomic E-state index is 11.5. The van der Waals surface area contributed by atoms with Crippen LogP contribution in [0.1, 0.15) is 23.0 Å². The second kappa shape index (κ2) is 5.44. The lowest BCUT2D eigenvalue weighted by molar-refractivity contribution is 0.111. The summed E-state index contributed by atoms with van der Waals surface area (Å²) in [4.78, 5) is 11.5. The number of carbonyl (C=O) groups is 1. The fourth-order valence-electron chi connectivity index (χ4n) is 2.56. The van der Waals surface area contributed by atoms with Crippen molar-refractivity contribution in [3.05, 3.63) is 59.9 Å². The molecule has 3 aromatic rings. The van der Waals surface area contributed by atoms with Crippen LogP contribution >= 0.6 is 0 Å². The molecule has 21 heavy (non-hydrogen) atoms. The van der Waals surface area contributed by atoms with Crippen LogP contribution in [-0.4, -0.2) is 17.3 Å². The van der Waals surface area contributed by atoms with Gasteiger partial charge in [-0.3, -0.25) is 4.79 Å². The normalized spacial score (nSPS) is 10.8. The Morgan fingerprint density at radius 1 is 1.14 bits per heavy atom. The van der Waals surface area contributed by atoms with E-state index in [1.54, 1.807) is 0 Å². The Bertz CT molecular complexity index is 785. The van der Waals surface area contributed by atoms with E-state index in [0.717, 1.165) is 28.7 Å². The third kappa shape index (κ3) is 2.42. The number of aromatic nitrogens is 1. The van der Waals surface area contributed by atoms with Crippen LogP contribution in [0, 0.1) is 6.92 Å². The van der Waals surface area contributed by atoms with Crippen molar-refractivity contribution >= 4 is 11.8 Å². The maximum Gasteiger partial charge on any atom is 0.167 e. The number of aryl methyl sites for hydroxylation is 1. The van der Waals surface area contributed by atoms with Gasteiger partial charge in [0.15, 0.2) is 6.29 Å². The Hall–Kier alpha value is -2.55. The van der Waals surface area contributed by atoms with Crippen molar-refractivity contribution in [1.82, 2.24) is 4.40 Å². The molecule has 2 aromatic heterocycles. The predicted molar refractivity (Wildman–Crippen MR) is 84.1 cm³/mol. The molecule has 0 fully saturated rings. The number of hydrogen-bond donors (Lipinski definition) is 0. The van der Waals surface area contributed by atoms with Crippen LogP contribution in [0.2, 0.25) is 0 Å². The highest BCUT2D eigenvalue weighted by Gasteiger charge is 2.11. The summed E-state index contributed by atoms with van der Waals surface area (Å²) >= 11 is 0. The lowest BCUT2D eigenvalue weighted by Gasteiger charge is -2.04. The fourth-order valence-corrected chi connectivity index (χ4v) is 2.56. The number of aldehydes is 1. The number of ether oxygens (including phenoxy) is 1. The second-order valence-corrected chi connectivity index (χ2v) is 5.02. The summed E-state index contributed by atoms with van der Waals surface area (Å²) in [7, 11) is 0. The molecule has 0 radical (unpaired) electrons. The Morgan fingerprint density at radius 2 is 1.90 bits per heavy atom. The number of pyridine rings is 1. The molecule has 0 saturated carbocycles. The smallest absolute Gasteiger partial charge is 0.167 e. The van der Waals surface area contributed by atoms with Crippen molar-refractivity contribution in [3.8, 4) is 16.9 Å². The van der Waals surface area contributed by atoms with E-state index in [4.69, 9.17) is 4.74 Å². The van der Waals surface area contributed by atoms with Gasteiger partial charge in [0, 0.05) is 17.3 Å². The van der Waals surface area contributed by atoms with Crippen molar-refractivity contribution in [1.29, 1.82) is 0 Å². The fraction of sp³-hybridized carbons (Fsp3) is 0.167. The minimum Gasteiger partial charge on any atom is -0.494 e. The topological polar surface area (TPSA) is 30.7 Å². The molecular formula is C18H17NO2. The van der Waals surface area contributed by atoms with Crippen molar-refractivity contribution in [2.24, 2.45) is 0 Å². The van der Waals surface area contributed by atoms with Crippen molar-refractivity contribution in [2.75, 3.05) is 6.61 Å². The van der Waals surface area contributed by atoms with E-state index in [1.807, 2.05) is 60.8 Å². The Morgan fingerprint density at radius 3 is 2.57 bits per heavy atom. The average Bonchev–Trinajstić information content (AvgIpc) is 2.85. The predicted octanol–water partition coefficient (Wildman–Crippen LogP) is 4.13. The van der Waals surface area contributed by atoms with Gasteiger partial charge in [0.05, 0.1) is 12.3 Å². The first-order chi connectivity index (χ1) is 10.2. The second-order valence-electron chi connectivity index (χ2n) is 5.02. The largest absolute Gasteiger partial charge is 0.494 e. The molecule has 0 aliphatic rings. The molecule has 0 saturated heterocycles. The Kier molecular flexibility index (Phi) is 3.48. The van der Waals surface area contributed by atoms with Gasteiger partial charge in [-0.1, -0.05) is 12.1 Å². The number of fused-ring (bicyclic) bond motifs is 1. The van der Waals surface area contributed by atoms with E-state index in [9.17, 15) is 4.79 Å². The van der Waals surface area contributed by atoms with E-state index >= 15 is 0 Å². The molecule has 3 heteroatoms. The van der Waals surface area contributed by atoms with E-state index in [0.29, 0.717) is 12.3 Å². The molecule has 0 unspecified atom stereocenters. The number of benzene rings is 1. The van der Waals surface area contributed by atoms with Crippen LogP contribution in [0.15, 0.2) is 48.7 Å². The minimum absolute atomic E-state index is 0.647. The van der Waals surface area contributed by atoms with Crippen LogP contribution < -0.4 is 4.74 Å². The van der Waals surface area contributed by atoms with Gasteiger partial charge in [-0.25, -0.2) is 0 Å². The van der Waals surface area contributed by atoms with Crippen LogP contribution in [0.25, 0.3) is 16.6 Å². The van der Waals surface area contributed by atoms with E-state index in [1.165, 1.54) is 5.56 Å². The standard InChI is InChI=1S/C18H17NO2/c1-3-21-16-6-4-14(5-7-16)17-11-15-10-13(2)8-9-19(15)18(17)12-20/h4-12H,3H2,1-2H3. The molecule has 0 N–H and O–H groups in total. The summed E-state index contributed by atoms with van der Waals surface area (Å²) in [6.07, 6.45) is 2.85. The summed E-state index contributed by atoms with van der Waals surface area (Å²) in [6, 6.07) is 14.0. The van der Waals surface area contributed by atoms with Crippen LogP contribution in [0.5, 0.6) is 5.75 Å². The van der Waals surface area contributed by atoms with Crippen LogP contribution in [-0.2, 0) is 0 Å². The lowest BCUT2D eigenvalue weighted by atomic mass is 10.1. The minimum atomic E-state index is 0.647. The van der Waals surface area contributed by atoms with Gasteiger partial charge >= 0.3 is 0 Å². The van der Waals surface area contributed by atoms with Crippen LogP contribution in [0.3, 0.4) is 0 Å². The summed E-state index contributed by atoms with van der Waals surface area (Å²) in [6.45, 7) is 4.65.